The van der Waals surface area contributed by atoms with Crippen molar-refractivity contribution in [2.75, 3.05) is 5.32 Å². The molecule has 1 aromatic carbocycles. The van der Waals surface area contributed by atoms with Crippen LogP contribution in [0.4, 0.5) is 10.1 Å². The summed E-state index contributed by atoms with van der Waals surface area (Å²) in [5.41, 5.74) is 0.684. The largest absolute Gasteiger partial charge is 0.374 e. The monoisotopic (exact) mass is 229 g/mol. The first kappa shape index (κ1) is 12.0. The first-order valence-corrected chi connectivity index (χ1v) is 5.10. The lowest BCUT2D eigenvalue weighted by molar-refractivity contribution is -0.113. The number of halogens is 2. The fourth-order valence-electron chi connectivity index (χ4n) is 1.21. The molecule has 0 bridgehead atoms. The van der Waals surface area contributed by atoms with Gasteiger partial charge < -0.3 is 5.32 Å². The Balaban J connectivity index is 2.74. The van der Waals surface area contributed by atoms with Crippen LogP contribution < -0.4 is 5.32 Å². The van der Waals surface area contributed by atoms with Crippen LogP contribution in [-0.4, -0.2) is 11.3 Å². The number of carbonyl (C=O) groups is 1. The minimum absolute atomic E-state index is 0.0834. The van der Waals surface area contributed by atoms with Crippen LogP contribution in [0.5, 0.6) is 0 Å². The fourth-order valence-corrected chi connectivity index (χ4v) is 1.52. The van der Waals surface area contributed by atoms with Crippen LogP contribution in [0.25, 0.3) is 0 Å². The highest BCUT2D eigenvalue weighted by Crippen LogP contribution is 2.15. The Hall–Kier alpha value is -1.09. The van der Waals surface area contributed by atoms with Crippen molar-refractivity contribution in [3.05, 3.63) is 30.1 Å². The zero-order valence-electron chi connectivity index (χ0n) is 8.63. The number of benzene rings is 1. The molecule has 0 saturated carbocycles. The van der Waals surface area contributed by atoms with Gasteiger partial charge in [-0.15, -0.1) is 0 Å². The lowest BCUT2D eigenvalue weighted by atomic mass is 10.1. The molecule has 4 heteroatoms. The van der Waals surface area contributed by atoms with Gasteiger partial charge in [0, 0.05) is 5.69 Å². The van der Waals surface area contributed by atoms with Crippen LogP contribution in [0.3, 0.4) is 0 Å². The lowest BCUT2D eigenvalue weighted by Crippen LogP contribution is -2.31. The highest BCUT2D eigenvalue weighted by molar-refractivity contribution is 6.65. The summed E-state index contributed by atoms with van der Waals surface area (Å²) < 4.78 is 12.6. The molecule has 15 heavy (non-hydrogen) atoms. The van der Waals surface area contributed by atoms with E-state index in [9.17, 15) is 9.18 Å². The predicted molar refractivity (Wildman–Crippen MR) is 59.5 cm³/mol. The Labute approximate surface area is 93.4 Å². The molecule has 0 radical (unpaired) electrons. The third-order valence-corrected chi connectivity index (χ3v) is 2.31. The molecule has 2 nitrogen and oxygen atoms in total. The molecule has 1 unspecified atom stereocenters. The molecule has 1 rings (SSSR count). The van der Waals surface area contributed by atoms with E-state index >= 15 is 0 Å². The molecule has 0 aliphatic rings. The summed E-state index contributed by atoms with van der Waals surface area (Å²) in [4.78, 5) is 11.1. The molecular formula is C11H13ClFNO. The zero-order chi connectivity index (χ0) is 11.4. The van der Waals surface area contributed by atoms with Crippen molar-refractivity contribution in [1.82, 2.24) is 0 Å². The normalized spacial score (nSPS) is 12.6. The Morgan fingerprint density at radius 2 is 1.87 bits per heavy atom. The summed E-state index contributed by atoms with van der Waals surface area (Å²) in [7, 11) is 0. The van der Waals surface area contributed by atoms with Crippen molar-refractivity contribution < 1.29 is 9.18 Å². The molecule has 0 aliphatic carbocycles. The molecule has 0 heterocycles. The number of nitrogens with one attached hydrogen (secondary N) is 1. The van der Waals surface area contributed by atoms with Gasteiger partial charge in [-0.2, -0.15) is 0 Å². The maximum atomic E-state index is 12.6. The molecule has 1 N–H and O–H groups in total. The summed E-state index contributed by atoms with van der Waals surface area (Å²) in [6.07, 6.45) is 0. The van der Waals surface area contributed by atoms with Crippen LogP contribution >= 0.6 is 11.6 Å². The quantitative estimate of drug-likeness (QED) is 0.805. The minimum Gasteiger partial charge on any atom is -0.374 e. The Kier molecular flexibility index (Phi) is 4.09. The van der Waals surface area contributed by atoms with Crippen molar-refractivity contribution >= 4 is 22.5 Å². The fraction of sp³-hybridized carbons (Fsp3) is 0.364. The van der Waals surface area contributed by atoms with Gasteiger partial charge in [-0.25, -0.2) is 4.39 Å². The molecular weight excluding hydrogens is 217 g/mol. The van der Waals surface area contributed by atoms with Crippen molar-refractivity contribution in [3.8, 4) is 0 Å². The summed E-state index contributed by atoms with van der Waals surface area (Å²) in [5, 5.41) is 2.52. The summed E-state index contributed by atoms with van der Waals surface area (Å²) in [6.45, 7) is 3.78. The summed E-state index contributed by atoms with van der Waals surface area (Å²) >= 11 is 5.44. The van der Waals surface area contributed by atoms with E-state index in [2.05, 4.69) is 5.32 Å². The third-order valence-electron chi connectivity index (χ3n) is 2.08. The van der Waals surface area contributed by atoms with Gasteiger partial charge in [0.1, 0.15) is 11.9 Å². The topological polar surface area (TPSA) is 29.1 Å². The molecule has 0 fully saturated rings. The average Bonchev–Trinajstić information content (AvgIpc) is 2.15. The second-order valence-electron chi connectivity index (χ2n) is 3.68. The molecule has 0 amide bonds. The second kappa shape index (κ2) is 5.12. The van der Waals surface area contributed by atoms with Gasteiger partial charge in [0.25, 0.3) is 0 Å². The van der Waals surface area contributed by atoms with Crippen molar-refractivity contribution in [2.24, 2.45) is 5.92 Å². The Bertz CT molecular complexity index is 337. The van der Waals surface area contributed by atoms with Crippen molar-refractivity contribution in [2.45, 2.75) is 19.9 Å². The van der Waals surface area contributed by atoms with Crippen molar-refractivity contribution in [1.29, 1.82) is 0 Å². The van der Waals surface area contributed by atoms with Crippen LogP contribution in [-0.2, 0) is 4.79 Å². The van der Waals surface area contributed by atoms with E-state index < -0.39 is 11.3 Å². The SMILES string of the molecule is CC(C)C(Nc1ccc(F)cc1)C(=O)Cl. The van der Waals surface area contributed by atoms with Crippen molar-refractivity contribution in [3.63, 3.8) is 0 Å². The van der Waals surface area contributed by atoms with E-state index in [1.807, 2.05) is 13.8 Å². The van der Waals surface area contributed by atoms with E-state index in [0.29, 0.717) is 5.69 Å². The molecule has 0 aromatic heterocycles. The molecule has 0 spiro atoms. The molecule has 0 aliphatic heterocycles. The van der Waals surface area contributed by atoms with Gasteiger partial charge in [0.05, 0.1) is 0 Å². The molecule has 1 atom stereocenters. The van der Waals surface area contributed by atoms with Gasteiger partial charge in [0.15, 0.2) is 0 Å². The first-order chi connectivity index (χ1) is 7.00. The predicted octanol–water partition coefficient (Wildman–Crippen LogP) is 3.03. The lowest BCUT2D eigenvalue weighted by Gasteiger charge is -2.19. The van der Waals surface area contributed by atoms with E-state index in [4.69, 9.17) is 11.6 Å². The number of carbonyl (C=O) groups excluding carboxylic acids is 1. The number of rotatable bonds is 4. The highest BCUT2D eigenvalue weighted by Gasteiger charge is 2.19. The maximum Gasteiger partial charge on any atom is 0.244 e. The van der Waals surface area contributed by atoms with Gasteiger partial charge in [-0.1, -0.05) is 13.8 Å². The molecule has 0 saturated heterocycles. The second-order valence-corrected chi connectivity index (χ2v) is 4.05. The number of hydrogen-bond acceptors (Lipinski definition) is 2. The van der Waals surface area contributed by atoms with Crippen LogP contribution in [0.2, 0.25) is 0 Å². The standard InChI is InChI=1S/C11H13ClFNO/c1-7(2)10(11(12)15)14-9-5-3-8(13)4-6-9/h3-7,10,14H,1-2H3. The van der Waals surface area contributed by atoms with Crippen LogP contribution in [0.15, 0.2) is 24.3 Å². The molecule has 1 aromatic rings. The summed E-state index contributed by atoms with van der Waals surface area (Å²) in [5.74, 6) is -0.223. The Morgan fingerprint density at radius 1 is 1.33 bits per heavy atom. The average molecular weight is 230 g/mol. The zero-order valence-corrected chi connectivity index (χ0v) is 9.38. The van der Waals surface area contributed by atoms with Gasteiger partial charge >= 0.3 is 0 Å². The van der Waals surface area contributed by atoms with E-state index in [0.717, 1.165) is 0 Å². The smallest absolute Gasteiger partial charge is 0.244 e. The third kappa shape index (κ3) is 3.51. The number of hydrogen-bond donors (Lipinski definition) is 1. The van der Waals surface area contributed by atoms with Gasteiger partial charge in [0.2, 0.25) is 5.24 Å². The Morgan fingerprint density at radius 3 is 2.27 bits per heavy atom. The van der Waals surface area contributed by atoms with Gasteiger partial charge in [-0.3, -0.25) is 4.79 Å². The van der Waals surface area contributed by atoms with Crippen LogP contribution in [0.1, 0.15) is 13.8 Å². The van der Waals surface area contributed by atoms with Gasteiger partial charge in [-0.05, 0) is 41.8 Å². The first-order valence-electron chi connectivity index (χ1n) is 4.72. The van der Waals surface area contributed by atoms with E-state index in [1.54, 1.807) is 12.1 Å². The minimum atomic E-state index is -0.447. The van der Waals surface area contributed by atoms with E-state index in [-0.39, 0.29) is 11.7 Å². The maximum absolute atomic E-state index is 12.6. The highest BCUT2D eigenvalue weighted by atomic mass is 35.5. The van der Waals surface area contributed by atoms with Crippen LogP contribution in [0, 0.1) is 11.7 Å². The molecule has 82 valence electrons. The number of anilines is 1. The van der Waals surface area contributed by atoms with E-state index in [1.165, 1.54) is 12.1 Å². The summed E-state index contributed by atoms with van der Waals surface area (Å²) in [6, 6.07) is 5.36.